The Bertz CT molecular complexity index is 962. The fourth-order valence-corrected chi connectivity index (χ4v) is 4.60. The van der Waals surface area contributed by atoms with Gasteiger partial charge in [0.25, 0.3) is 0 Å². The predicted octanol–water partition coefficient (Wildman–Crippen LogP) is 1.60. The first kappa shape index (κ1) is 19.1. The minimum atomic E-state index is -3.70. The van der Waals surface area contributed by atoms with Gasteiger partial charge < -0.3 is 10.2 Å². The fraction of sp³-hybridized carbons (Fsp3) is 0.389. The van der Waals surface area contributed by atoms with E-state index in [0.29, 0.717) is 32.1 Å². The first-order valence-electron chi connectivity index (χ1n) is 8.79. The zero-order valence-corrected chi connectivity index (χ0v) is 16.2. The third-order valence-electron chi connectivity index (χ3n) is 4.36. The van der Waals surface area contributed by atoms with Gasteiger partial charge in [-0.05, 0) is 26.0 Å². The highest BCUT2D eigenvalue weighted by atomic mass is 32.2. The molecule has 2 aromatic rings. The number of hydrogen-bond donors (Lipinski definition) is 1. The number of aryl methyl sites for hydroxylation is 1. The summed E-state index contributed by atoms with van der Waals surface area (Å²) in [5.74, 6) is 1.36. The topological polar surface area (TPSA) is 102 Å². The number of nitrogens with one attached hydrogen (secondary N) is 1. The molecule has 1 aromatic heterocycles. The summed E-state index contributed by atoms with van der Waals surface area (Å²) < 4.78 is 27.3. The Balaban J connectivity index is 1.77. The van der Waals surface area contributed by atoms with Crippen LogP contribution in [0.25, 0.3) is 0 Å². The maximum Gasteiger partial charge on any atom is 0.244 e. The van der Waals surface area contributed by atoms with Gasteiger partial charge in [-0.1, -0.05) is 12.1 Å². The van der Waals surface area contributed by atoms with Crippen molar-refractivity contribution < 1.29 is 8.42 Å². The van der Waals surface area contributed by atoms with Crippen molar-refractivity contribution in [2.24, 2.45) is 0 Å². The van der Waals surface area contributed by atoms with E-state index < -0.39 is 10.0 Å². The third-order valence-corrected chi connectivity index (χ3v) is 6.32. The molecule has 142 valence electrons. The molecule has 8 nitrogen and oxygen atoms in total. The average molecular weight is 386 g/mol. The van der Waals surface area contributed by atoms with E-state index in [1.807, 2.05) is 26.0 Å². The van der Waals surface area contributed by atoms with Crippen LogP contribution in [0.5, 0.6) is 0 Å². The molecule has 0 spiro atoms. The lowest BCUT2D eigenvalue weighted by atomic mass is 10.2. The Labute approximate surface area is 159 Å². The van der Waals surface area contributed by atoms with E-state index in [1.165, 1.54) is 16.4 Å². The maximum absolute atomic E-state index is 12.9. The van der Waals surface area contributed by atoms with Crippen molar-refractivity contribution in [3.05, 3.63) is 41.6 Å². The first-order valence-corrected chi connectivity index (χ1v) is 10.2. The van der Waals surface area contributed by atoms with Gasteiger partial charge in [0.05, 0.1) is 10.5 Å². The summed E-state index contributed by atoms with van der Waals surface area (Å²) in [6, 6.07) is 10.2. The molecule has 0 radical (unpaired) electrons. The number of benzene rings is 1. The van der Waals surface area contributed by atoms with Crippen molar-refractivity contribution >= 4 is 21.8 Å². The van der Waals surface area contributed by atoms with Crippen molar-refractivity contribution in [2.45, 2.75) is 18.7 Å². The summed E-state index contributed by atoms with van der Waals surface area (Å²) in [4.78, 5) is 11.0. The molecule has 0 aliphatic carbocycles. The second kappa shape index (κ2) is 7.90. The Kier molecular flexibility index (Phi) is 5.58. The molecular formula is C18H22N6O2S. The van der Waals surface area contributed by atoms with Crippen LogP contribution in [0.2, 0.25) is 0 Å². The summed E-state index contributed by atoms with van der Waals surface area (Å²) in [5.41, 5.74) is 1.02. The molecule has 1 aliphatic rings. The molecule has 0 atom stereocenters. The number of piperazine rings is 1. The molecule has 0 unspecified atom stereocenters. The van der Waals surface area contributed by atoms with Gasteiger partial charge in [-0.2, -0.15) is 14.6 Å². The van der Waals surface area contributed by atoms with Crippen LogP contribution in [0.4, 0.5) is 11.8 Å². The standard InChI is InChI=1S/C18H22N6O2S/c1-3-20-18-21-14(2)12-17(22-18)23-8-10-24(11-9-23)27(25,26)16-7-5-4-6-15(16)13-19/h4-7,12H,3,8-11H2,1-2H3,(H,20,21,22). The quantitative estimate of drug-likeness (QED) is 0.832. The summed E-state index contributed by atoms with van der Waals surface area (Å²) >= 11 is 0. The van der Waals surface area contributed by atoms with Crippen molar-refractivity contribution in [3.8, 4) is 6.07 Å². The number of rotatable bonds is 5. The average Bonchev–Trinajstić information content (AvgIpc) is 2.68. The van der Waals surface area contributed by atoms with Crippen LogP contribution in [-0.4, -0.2) is 55.4 Å². The molecule has 1 aliphatic heterocycles. The van der Waals surface area contributed by atoms with E-state index in [4.69, 9.17) is 0 Å². The second-order valence-corrected chi connectivity index (χ2v) is 8.13. The van der Waals surface area contributed by atoms with Gasteiger partial charge in [0.15, 0.2) is 0 Å². The van der Waals surface area contributed by atoms with E-state index in [-0.39, 0.29) is 10.5 Å². The normalized spacial score (nSPS) is 15.4. The zero-order chi connectivity index (χ0) is 19.4. The Hall–Kier alpha value is -2.70. The number of aromatic nitrogens is 2. The largest absolute Gasteiger partial charge is 0.354 e. The van der Waals surface area contributed by atoms with E-state index in [1.54, 1.807) is 12.1 Å². The van der Waals surface area contributed by atoms with Gasteiger partial charge in [0.1, 0.15) is 11.9 Å². The molecule has 1 N–H and O–H groups in total. The fourth-order valence-electron chi connectivity index (χ4n) is 3.03. The van der Waals surface area contributed by atoms with Gasteiger partial charge in [0, 0.05) is 44.5 Å². The summed E-state index contributed by atoms with van der Waals surface area (Å²) in [5, 5.41) is 12.3. The SMILES string of the molecule is CCNc1nc(C)cc(N2CCN(S(=O)(=O)c3ccccc3C#N)CC2)n1. The highest BCUT2D eigenvalue weighted by Gasteiger charge is 2.30. The van der Waals surface area contributed by atoms with Crippen LogP contribution < -0.4 is 10.2 Å². The molecule has 27 heavy (non-hydrogen) atoms. The monoisotopic (exact) mass is 386 g/mol. The van der Waals surface area contributed by atoms with E-state index >= 15 is 0 Å². The van der Waals surface area contributed by atoms with Crippen LogP contribution in [0.3, 0.4) is 0 Å². The molecule has 0 saturated carbocycles. The third kappa shape index (κ3) is 4.02. The van der Waals surface area contributed by atoms with Gasteiger partial charge in [-0.15, -0.1) is 0 Å². The van der Waals surface area contributed by atoms with Crippen LogP contribution in [0.1, 0.15) is 18.2 Å². The first-order chi connectivity index (χ1) is 13.0. The molecule has 2 heterocycles. The summed E-state index contributed by atoms with van der Waals surface area (Å²) in [6.07, 6.45) is 0. The second-order valence-electron chi connectivity index (χ2n) is 6.22. The highest BCUT2D eigenvalue weighted by Crippen LogP contribution is 2.23. The Morgan fingerprint density at radius 1 is 1.19 bits per heavy atom. The van der Waals surface area contributed by atoms with Crippen LogP contribution >= 0.6 is 0 Å². The lowest BCUT2D eigenvalue weighted by molar-refractivity contribution is 0.383. The number of sulfonamides is 1. The maximum atomic E-state index is 12.9. The van der Waals surface area contributed by atoms with Crippen molar-refractivity contribution in [2.75, 3.05) is 42.9 Å². The number of anilines is 2. The highest BCUT2D eigenvalue weighted by molar-refractivity contribution is 7.89. The van der Waals surface area contributed by atoms with E-state index in [9.17, 15) is 13.7 Å². The summed E-state index contributed by atoms with van der Waals surface area (Å²) in [7, 11) is -3.70. The van der Waals surface area contributed by atoms with Gasteiger partial charge >= 0.3 is 0 Å². The van der Waals surface area contributed by atoms with Crippen LogP contribution in [0, 0.1) is 18.3 Å². The zero-order valence-electron chi connectivity index (χ0n) is 15.4. The van der Waals surface area contributed by atoms with Crippen molar-refractivity contribution in [1.29, 1.82) is 5.26 Å². The molecule has 3 rings (SSSR count). The molecule has 1 fully saturated rings. The molecule has 9 heteroatoms. The molecule has 0 amide bonds. The minimum absolute atomic E-state index is 0.0632. The summed E-state index contributed by atoms with van der Waals surface area (Å²) in [6.45, 7) is 6.34. The van der Waals surface area contributed by atoms with Crippen LogP contribution in [0.15, 0.2) is 35.2 Å². The smallest absolute Gasteiger partial charge is 0.244 e. The number of hydrogen-bond acceptors (Lipinski definition) is 7. The lowest BCUT2D eigenvalue weighted by Gasteiger charge is -2.35. The Morgan fingerprint density at radius 2 is 1.89 bits per heavy atom. The number of nitriles is 1. The molecule has 1 saturated heterocycles. The van der Waals surface area contributed by atoms with E-state index in [2.05, 4.69) is 20.2 Å². The molecule has 1 aromatic carbocycles. The lowest BCUT2D eigenvalue weighted by Crippen LogP contribution is -2.49. The minimum Gasteiger partial charge on any atom is -0.354 e. The van der Waals surface area contributed by atoms with Crippen molar-refractivity contribution in [1.82, 2.24) is 14.3 Å². The van der Waals surface area contributed by atoms with Gasteiger partial charge in [-0.25, -0.2) is 13.4 Å². The molecule has 0 bridgehead atoms. The van der Waals surface area contributed by atoms with Gasteiger partial charge in [-0.3, -0.25) is 0 Å². The van der Waals surface area contributed by atoms with Gasteiger partial charge in [0.2, 0.25) is 16.0 Å². The Morgan fingerprint density at radius 3 is 2.56 bits per heavy atom. The van der Waals surface area contributed by atoms with Crippen LogP contribution in [-0.2, 0) is 10.0 Å². The van der Waals surface area contributed by atoms with Crippen molar-refractivity contribution in [3.63, 3.8) is 0 Å². The predicted molar refractivity (Wildman–Crippen MR) is 103 cm³/mol. The van der Waals surface area contributed by atoms with E-state index in [0.717, 1.165) is 18.1 Å². The number of nitrogens with zero attached hydrogens (tertiary/aromatic N) is 5. The molecular weight excluding hydrogens is 364 g/mol.